The van der Waals surface area contributed by atoms with Gasteiger partial charge in [0.15, 0.2) is 5.69 Å². The fraction of sp³-hybridized carbons (Fsp3) is 0.176. The van der Waals surface area contributed by atoms with Crippen LogP contribution < -0.4 is 0 Å². The molecule has 0 atom stereocenters. The van der Waals surface area contributed by atoms with E-state index >= 15 is 0 Å². The quantitative estimate of drug-likeness (QED) is 0.206. The summed E-state index contributed by atoms with van der Waals surface area (Å²) in [7, 11) is 0. The van der Waals surface area contributed by atoms with Crippen LogP contribution in [0.15, 0.2) is 30.5 Å². The van der Waals surface area contributed by atoms with E-state index in [0.29, 0.717) is 11.6 Å². The van der Waals surface area contributed by atoms with E-state index in [9.17, 15) is 26.3 Å². The Labute approximate surface area is 156 Å². The van der Waals surface area contributed by atoms with Gasteiger partial charge in [-0.15, -0.1) is 35.0 Å². The van der Waals surface area contributed by atoms with Crippen LogP contribution in [0.25, 0.3) is 26.5 Å². The molecular weight excluding hydrogens is 538 g/mol. The Morgan fingerprint density at radius 1 is 1.04 bits per heavy atom. The van der Waals surface area contributed by atoms with Crippen LogP contribution in [0.2, 0.25) is 0 Å². The van der Waals surface area contributed by atoms with Crippen molar-refractivity contribution in [1.82, 2.24) is 4.98 Å². The SMILES string of the molecule is [C-]#[N+]c1cc2c3c(cnc2c2[c-]cccc12)C(F)(F)C(F)(F)C3(F)F.[Ir]. The Morgan fingerprint density at radius 3 is 2.38 bits per heavy atom. The first kappa shape index (κ1) is 18.6. The number of aromatic nitrogens is 1. The van der Waals surface area contributed by atoms with Gasteiger partial charge in [-0.25, -0.2) is 4.85 Å². The molecule has 0 amide bonds. The third kappa shape index (κ3) is 1.94. The molecule has 0 spiro atoms. The minimum Gasteiger partial charge on any atom is -0.304 e. The van der Waals surface area contributed by atoms with Crippen molar-refractivity contribution < 1.29 is 46.4 Å². The molecule has 1 heterocycles. The molecule has 3 aromatic rings. The molecule has 0 bridgehead atoms. The summed E-state index contributed by atoms with van der Waals surface area (Å²) in [5.41, 5.74) is -3.34. The van der Waals surface area contributed by atoms with Crippen LogP contribution in [0, 0.1) is 12.6 Å². The summed E-state index contributed by atoms with van der Waals surface area (Å²) in [5, 5.41) is -0.152. The fourth-order valence-corrected chi connectivity index (χ4v) is 3.12. The van der Waals surface area contributed by atoms with E-state index in [4.69, 9.17) is 6.57 Å². The second-order valence-corrected chi connectivity index (χ2v) is 5.63. The molecule has 0 unspecified atom stereocenters. The monoisotopic (exact) mass is 544 g/mol. The molecule has 1 aromatic heterocycles. The molecule has 1 radical (unpaired) electrons. The van der Waals surface area contributed by atoms with Gasteiger partial charge in [0.2, 0.25) is 0 Å². The zero-order valence-electron chi connectivity index (χ0n) is 12.4. The van der Waals surface area contributed by atoms with Crippen molar-refractivity contribution in [1.29, 1.82) is 0 Å². The van der Waals surface area contributed by atoms with E-state index in [1.54, 1.807) is 6.07 Å². The van der Waals surface area contributed by atoms with Crippen LogP contribution in [0.3, 0.4) is 0 Å². The van der Waals surface area contributed by atoms with Crippen LogP contribution in [0.1, 0.15) is 11.1 Å². The van der Waals surface area contributed by atoms with Gasteiger partial charge in [0, 0.05) is 31.9 Å². The molecular formula is C17H5F6IrN2-. The number of halogens is 6. The van der Waals surface area contributed by atoms with Crippen molar-refractivity contribution in [2.24, 2.45) is 0 Å². The average molecular weight is 543 g/mol. The van der Waals surface area contributed by atoms with Gasteiger partial charge in [0.25, 0.3) is 0 Å². The first-order valence-corrected chi connectivity index (χ1v) is 6.92. The van der Waals surface area contributed by atoms with E-state index in [0.717, 1.165) is 6.07 Å². The van der Waals surface area contributed by atoms with Crippen molar-refractivity contribution in [3.63, 3.8) is 0 Å². The molecule has 2 aromatic carbocycles. The maximum absolute atomic E-state index is 14.2. The van der Waals surface area contributed by atoms with Gasteiger partial charge in [-0.05, 0) is 10.9 Å². The summed E-state index contributed by atoms with van der Waals surface area (Å²) < 4.78 is 83.7. The van der Waals surface area contributed by atoms with Gasteiger partial charge in [-0.1, -0.05) is 6.07 Å². The van der Waals surface area contributed by atoms with Crippen LogP contribution in [0.5, 0.6) is 0 Å². The molecule has 0 fully saturated rings. The van der Waals surface area contributed by atoms with Crippen molar-refractivity contribution in [2.45, 2.75) is 17.8 Å². The number of rotatable bonds is 0. The Hall–Kier alpha value is -2.17. The first-order chi connectivity index (χ1) is 11.6. The van der Waals surface area contributed by atoms with Crippen LogP contribution >= 0.6 is 0 Å². The number of nitrogens with zero attached hydrogens (tertiary/aromatic N) is 2. The van der Waals surface area contributed by atoms with Gasteiger partial charge in [-0.2, -0.15) is 26.3 Å². The number of hydrogen-bond donors (Lipinski definition) is 0. The molecule has 1 aliphatic carbocycles. The molecule has 0 saturated carbocycles. The van der Waals surface area contributed by atoms with E-state index in [-0.39, 0.29) is 36.7 Å². The predicted molar refractivity (Wildman–Crippen MR) is 77.1 cm³/mol. The molecule has 26 heavy (non-hydrogen) atoms. The van der Waals surface area contributed by atoms with Gasteiger partial charge in [0.05, 0.1) is 12.1 Å². The molecule has 2 nitrogen and oxygen atoms in total. The van der Waals surface area contributed by atoms with Gasteiger partial charge < -0.3 is 4.98 Å². The molecule has 0 saturated heterocycles. The van der Waals surface area contributed by atoms with Gasteiger partial charge in [0.1, 0.15) is 0 Å². The van der Waals surface area contributed by atoms with E-state index in [1.807, 2.05) is 0 Å². The Kier molecular flexibility index (Phi) is 3.88. The van der Waals surface area contributed by atoms with E-state index < -0.39 is 34.3 Å². The summed E-state index contributed by atoms with van der Waals surface area (Å²) in [4.78, 5) is 6.88. The number of alkyl halides is 6. The molecule has 9 heteroatoms. The third-order valence-electron chi connectivity index (χ3n) is 4.33. The average Bonchev–Trinajstić information content (AvgIpc) is 2.69. The van der Waals surface area contributed by atoms with E-state index in [2.05, 4.69) is 15.9 Å². The second kappa shape index (κ2) is 5.41. The van der Waals surface area contributed by atoms with Crippen LogP contribution in [-0.2, 0) is 32.0 Å². The predicted octanol–water partition coefficient (Wildman–Crippen LogP) is 5.57. The zero-order valence-corrected chi connectivity index (χ0v) is 14.8. The summed E-state index contributed by atoms with van der Waals surface area (Å²) in [5.74, 6) is -15.8. The summed E-state index contributed by atoms with van der Waals surface area (Å²) >= 11 is 0. The molecule has 135 valence electrons. The second-order valence-electron chi connectivity index (χ2n) is 5.63. The summed E-state index contributed by atoms with van der Waals surface area (Å²) in [6, 6.07) is 8.08. The standard InChI is InChI=1S/C17H5F6N2.Ir/c1-24-12-6-10-13-11(15(18,19)17(22,23)16(13,20)21)7-25-14(10)9-5-3-2-4-8(9)12;/h2-4,6-7H;/q-1;. The molecule has 0 aliphatic heterocycles. The topological polar surface area (TPSA) is 17.2 Å². The van der Waals surface area contributed by atoms with Crippen LogP contribution in [0.4, 0.5) is 32.0 Å². The van der Waals surface area contributed by atoms with Gasteiger partial charge >= 0.3 is 17.8 Å². The minimum absolute atomic E-state index is 0. The molecule has 0 N–H and O–H groups in total. The third-order valence-corrected chi connectivity index (χ3v) is 4.33. The van der Waals surface area contributed by atoms with Crippen molar-refractivity contribution in [2.75, 3.05) is 0 Å². The number of benzene rings is 2. The Balaban J connectivity index is 0.00000196. The molecule has 4 rings (SSSR count). The number of hydrogen-bond acceptors (Lipinski definition) is 1. The maximum atomic E-state index is 14.2. The first-order valence-electron chi connectivity index (χ1n) is 6.92. The normalized spacial score (nSPS) is 19.0. The number of fused-ring (bicyclic) bond motifs is 5. The Bertz CT molecular complexity index is 1100. The van der Waals surface area contributed by atoms with Crippen LogP contribution in [-0.4, -0.2) is 10.9 Å². The smallest absolute Gasteiger partial charge is 0.304 e. The van der Waals surface area contributed by atoms with Crippen molar-refractivity contribution in [3.05, 3.63) is 59.1 Å². The van der Waals surface area contributed by atoms with Crippen molar-refractivity contribution >= 4 is 27.4 Å². The fourth-order valence-electron chi connectivity index (χ4n) is 3.12. The van der Waals surface area contributed by atoms with E-state index in [1.165, 1.54) is 12.1 Å². The largest absolute Gasteiger partial charge is 0.380 e. The minimum atomic E-state index is -5.59. The summed E-state index contributed by atoms with van der Waals surface area (Å²) in [6.07, 6.45) is 0.351. The number of pyridine rings is 1. The van der Waals surface area contributed by atoms with Crippen molar-refractivity contribution in [3.8, 4) is 0 Å². The zero-order chi connectivity index (χ0) is 18.2. The van der Waals surface area contributed by atoms with Gasteiger partial charge in [-0.3, -0.25) is 0 Å². The maximum Gasteiger partial charge on any atom is 0.380 e. The molecule has 1 aliphatic rings. The Morgan fingerprint density at radius 2 is 1.73 bits per heavy atom. The summed E-state index contributed by atoms with van der Waals surface area (Å²) in [6.45, 7) is 7.16.